The molecule has 0 N–H and O–H groups in total. The number of amides is 1. The molecule has 0 unspecified atom stereocenters. The second-order valence-electron chi connectivity index (χ2n) is 5.17. The molecule has 18 heavy (non-hydrogen) atoms. The van der Waals surface area contributed by atoms with Crippen LogP contribution in [0.3, 0.4) is 0 Å². The minimum atomic E-state index is -0.248. The summed E-state index contributed by atoms with van der Waals surface area (Å²) in [4.78, 5) is 15.7. The number of terminal acetylenes is 1. The number of ether oxygens (including phenoxy) is 1. The Hall–Kier alpha value is -1.31. The third-order valence-corrected chi connectivity index (χ3v) is 2.78. The molecule has 0 aliphatic carbocycles. The molecule has 0 bridgehead atoms. The quantitative estimate of drug-likeness (QED) is 0.545. The van der Waals surface area contributed by atoms with E-state index in [2.05, 4.69) is 5.92 Å². The molecule has 0 spiro atoms. The first-order chi connectivity index (χ1) is 8.44. The van der Waals surface area contributed by atoms with Crippen LogP contribution in [0, 0.1) is 12.3 Å². The number of hydrogen-bond donors (Lipinski definition) is 0. The Kier molecular flexibility index (Phi) is 5.39. The molecule has 1 fully saturated rings. The van der Waals surface area contributed by atoms with Gasteiger partial charge >= 0.3 is 0 Å². The van der Waals surface area contributed by atoms with Crippen molar-refractivity contribution in [1.29, 1.82) is 0 Å². The Morgan fingerprint density at radius 1 is 1.61 bits per heavy atom. The van der Waals surface area contributed by atoms with E-state index in [-0.39, 0.29) is 11.5 Å². The highest BCUT2D eigenvalue weighted by Gasteiger charge is 2.28. The van der Waals surface area contributed by atoms with Gasteiger partial charge in [0.1, 0.15) is 0 Å². The minimum Gasteiger partial charge on any atom is -0.372 e. The van der Waals surface area contributed by atoms with Crippen molar-refractivity contribution in [1.82, 2.24) is 9.80 Å². The van der Waals surface area contributed by atoms with Crippen molar-refractivity contribution in [3.63, 3.8) is 0 Å². The number of hydrogen-bond acceptors (Lipinski definition) is 3. The normalized spacial score (nSPS) is 19.2. The number of likely N-dealkylation sites (N-methyl/N-ethyl adjacent to an activating group) is 1. The van der Waals surface area contributed by atoms with Gasteiger partial charge in [0.2, 0.25) is 5.91 Å². The number of morpholine rings is 1. The van der Waals surface area contributed by atoms with E-state index >= 15 is 0 Å². The van der Waals surface area contributed by atoms with Crippen molar-refractivity contribution < 1.29 is 9.53 Å². The number of carbonyl (C=O) groups is 1. The molecule has 1 aliphatic rings. The monoisotopic (exact) mass is 250 g/mol. The summed E-state index contributed by atoms with van der Waals surface area (Å²) in [6, 6.07) is 0. The molecule has 1 aliphatic heterocycles. The Morgan fingerprint density at radius 2 is 2.33 bits per heavy atom. The van der Waals surface area contributed by atoms with Crippen LogP contribution in [-0.2, 0) is 9.53 Å². The lowest BCUT2D eigenvalue weighted by Gasteiger charge is -2.37. The Balaban J connectivity index is 2.41. The second-order valence-corrected chi connectivity index (χ2v) is 5.17. The van der Waals surface area contributed by atoms with Gasteiger partial charge < -0.3 is 9.64 Å². The minimum absolute atomic E-state index is 0.0421. The average Bonchev–Trinajstić information content (AvgIpc) is 2.28. The van der Waals surface area contributed by atoms with Gasteiger partial charge in [-0.1, -0.05) is 12.0 Å². The maximum Gasteiger partial charge on any atom is 0.246 e. The molecule has 1 heterocycles. The first-order valence-corrected chi connectivity index (χ1v) is 6.16. The highest BCUT2D eigenvalue weighted by molar-refractivity contribution is 5.87. The summed E-state index contributed by atoms with van der Waals surface area (Å²) in [7, 11) is 1.92. The first kappa shape index (κ1) is 14.7. The predicted octanol–water partition coefficient (Wildman–Crippen LogP) is 0.745. The van der Waals surface area contributed by atoms with Crippen LogP contribution in [0.25, 0.3) is 0 Å². The van der Waals surface area contributed by atoms with Crippen LogP contribution in [0.5, 0.6) is 0 Å². The van der Waals surface area contributed by atoms with E-state index in [1.54, 1.807) is 6.08 Å². The van der Waals surface area contributed by atoms with Crippen molar-refractivity contribution in [2.75, 3.05) is 39.8 Å². The van der Waals surface area contributed by atoms with Gasteiger partial charge in [0, 0.05) is 25.7 Å². The van der Waals surface area contributed by atoms with Crippen LogP contribution in [0.1, 0.15) is 13.8 Å². The zero-order valence-electron chi connectivity index (χ0n) is 11.5. The molecule has 0 aromatic rings. The maximum absolute atomic E-state index is 11.9. The molecule has 4 heteroatoms. The largest absolute Gasteiger partial charge is 0.372 e. The van der Waals surface area contributed by atoms with Gasteiger partial charge in [0.15, 0.2) is 0 Å². The lowest BCUT2D eigenvalue weighted by atomic mass is 10.1. The van der Waals surface area contributed by atoms with Gasteiger partial charge in [-0.05, 0) is 20.9 Å². The van der Waals surface area contributed by atoms with E-state index in [9.17, 15) is 4.79 Å². The topological polar surface area (TPSA) is 32.8 Å². The fourth-order valence-corrected chi connectivity index (χ4v) is 1.86. The van der Waals surface area contributed by atoms with Gasteiger partial charge in [-0.15, -0.1) is 6.42 Å². The van der Waals surface area contributed by atoms with E-state index in [1.165, 1.54) is 0 Å². The van der Waals surface area contributed by atoms with Crippen LogP contribution < -0.4 is 0 Å². The molecular formula is C14H22N2O2. The van der Waals surface area contributed by atoms with Gasteiger partial charge in [0.05, 0.1) is 18.8 Å². The summed E-state index contributed by atoms with van der Waals surface area (Å²) in [5.74, 6) is 2.60. The van der Waals surface area contributed by atoms with E-state index in [4.69, 9.17) is 11.2 Å². The van der Waals surface area contributed by atoms with Crippen molar-refractivity contribution in [3.05, 3.63) is 12.2 Å². The molecule has 0 atom stereocenters. The molecule has 1 amide bonds. The predicted molar refractivity (Wildman–Crippen MR) is 72.1 cm³/mol. The Labute approximate surface area is 110 Å². The molecular weight excluding hydrogens is 228 g/mol. The molecule has 4 nitrogen and oxygen atoms in total. The standard InChI is InChI=1S/C14H22N2O2/c1-5-8-15(4)9-6-7-13(17)16-10-11-18-14(2,3)12-16/h1,6-7H,8-12H2,2-4H3/b7-6+. The molecule has 0 aromatic heterocycles. The highest BCUT2D eigenvalue weighted by Crippen LogP contribution is 2.16. The molecule has 0 saturated carbocycles. The summed E-state index contributed by atoms with van der Waals surface area (Å²) in [6.45, 7) is 7.16. The molecule has 100 valence electrons. The second kappa shape index (κ2) is 6.58. The van der Waals surface area contributed by atoms with Crippen molar-refractivity contribution in [2.45, 2.75) is 19.4 Å². The van der Waals surface area contributed by atoms with Crippen molar-refractivity contribution >= 4 is 5.91 Å². The fraction of sp³-hybridized carbons (Fsp3) is 0.643. The SMILES string of the molecule is C#CCN(C)C/C=C/C(=O)N1CCOC(C)(C)C1. The third kappa shape index (κ3) is 4.91. The van der Waals surface area contributed by atoms with Crippen LogP contribution in [0.4, 0.5) is 0 Å². The number of rotatable bonds is 4. The van der Waals surface area contributed by atoms with Gasteiger partial charge in [-0.2, -0.15) is 0 Å². The lowest BCUT2D eigenvalue weighted by Crippen LogP contribution is -2.50. The Bertz CT molecular complexity index is 355. The Morgan fingerprint density at radius 3 is 2.94 bits per heavy atom. The van der Waals surface area contributed by atoms with Crippen molar-refractivity contribution in [3.8, 4) is 12.3 Å². The zero-order chi connectivity index (χ0) is 13.6. The van der Waals surface area contributed by atoms with Crippen LogP contribution in [-0.4, -0.2) is 61.1 Å². The fourth-order valence-electron chi connectivity index (χ4n) is 1.86. The average molecular weight is 250 g/mol. The molecule has 1 saturated heterocycles. The van der Waals surface area contributed by atoms with Gasteiger partial charge in [0.25, 0.3) is 0 Å². The van der Waals surface area contributed by atoms with E-state index in [1.807, 2.05) is 36.8 Å². The lowest BCUT2D eigenvalue weighted by molar-refractivity contribution is -0.140. The van der Waals surface area contributed by atoms with E-state index < -0.39 is 0 Å². The summed E-state index contributed by atoms with van der Waals surface area (Å²) in [5, 5.41) is 0. The maximum atomic E-state index is 11.9. The smallest absolute Gasteiger partial charge is 0.246 e. The van der Waals surface area contributed by atoms with Crippen LogP contribution in [0.15, 0.2) is 12.2 Å². The zero-order valence-corrected chi connectivity index (χ0v) is 11.5. The molecule has 0 aromatic carbocycles. The molecule has 1 rings (SSSR count). The van der Waals surface area contributed by atoms with Crippen LogP contribution in [0.2, 0.25) is 0 Å². The van der Waals surface area contributed by atoms with E-state index in [0.717, 1.165) is 0 Å². The van der Waals surface area contributed by atoms with Gasteiger partial charge in [-0.3, -0.25) is 9.69 Å². The summed E-state index contributed by atoms with van der Waals surface area (Å²) in [5.41, 5.74) is -0.248. The van der Waals surface area contributed by atoms with Crippen LogP contribution >= 0.6 is 0 Å². The summed E-state index contributed by atoms with van der Waals surface area (Å²) < 4.78 is 5.57. The summed E-state index contributed by atoms with van der Waals surface area (Å²) >= 11 is 0. The highest BCUT2D eigenvalue weighted by atomic mass is 16.5. The van der Waals surface area contributed by atoms with E-state index in [0.29, 0.717) is 32.8 Å². The van der Waals surface area contributed by atoms with Gasteiger partial charge in [-0.25, -0.2) is 0 Å². The van der Waals surface area contributed by atoms with Crippen molar-refractivity contribution in [2.24, 2.45) is 0 Å². The summed E-state index contributed by atoms with van der Waals surface area (Å²) in [6.07, 6.45) is 8.67. The number of carbonyl (C=O) groups excluding carboxylic acids is 1. The molecule has 0 radical (unpaired) electrons. The first-order valence-electron chi connectivity index (χ1n) is 6.16. The third-order valence-electron chi connectivity index (χ3n) is 2.78. The number of nitrogens with zero attached hydrogens (tertiary/aromatic N) is 2.